The Balaban J connectivity index is 2.21. The van der Waals surface area contributed by atoms with Gasteiger partial charge in [0.05, 0.1) is 5.38 Å². The molecule has 0 saturated heterocycles. The molecular weight excluding hydrogens is 306 g/mol. The standard InChI is InChI=1S/C18H13Cl2F/c1-11-6-7-12-4-2-3-5-14(12)17(11)18(20)15-9-8-13(19)10-16(15)21/h2-10,18H,1H3. The van der Waals surface area contributed by atoms with E-state index in [2.05, 4.69) is 6.07 Å². The molecule has 3 heteroatoms. The number of hydrogen-bond acceptors (Lipinski definition) is 0. The van der Waals surface area contributed by atoms with Gasteiger partial charge in [-0.25, -0.2) is 4.39 Å². The van der Waals surface area contributed by atoms with Gasteiger partial charge in [0.15, 0.2) is 0 Å². The molecule has 3 rings (SSSR count). The van der Waals surface area contributed by atoms with Crippen LogP contribution in [0.3, 0.4) is 0 Å². The average molecular weight is 319 g/mol. The molecule has 0 amide bonds. The third kappa shape index (κ3) is 2.64. The number of halogens is 3. The highest BCUT2D eigenvalue weighted by atomic mass is 35.5. The molecule has 0 saturated carbocycles. The summed E-state index contributed by atoms with van der Waals surface area (Å²) in [6.45, 7) is 1.99. The minimum Gasteiger partial charge on any atom is -0.207 e. The molecule has 0 spiro atoms. The Morgan fingerprint density at radius 2 is 1.76 bits per heavy atom. The Bertz CT molecular complexity index is 811. The minimum atomic E-state index is -0.548. The van der Waals surface area contributed by atoms with Gasteiger partial charge >= 0.3 is 0 Å². The predicted octanol–water partition coefficient (Wildman–Crippen LogP) is 6.27. The number of benzene rings is 3. The van der Waals surface area contributed by atoms with Gasteiger partial charge in [0.25, 0.3) is 0 Å². The lowest BCUT2D eigenvalue weighted by molar-refractivity contribution is 0.612. The van der Waals surface area contributed by atoms with Gasteiger partial charge in [-0.2, -0.15) is 0 Å². The fourth-order valence-corrected chi connectivity index (χ4v) is 3.23. The molecule has 0 fully saturated rings. The maximum atomic E-state index is 14.1. The molecule has 0 heterocycles. The maximum absolute atomic E-state index is 14.1. The lowest BCUT2D eigenvalue weighted by Gasteiger charge is -2.17. The first-order valence-electron chi connectivity index (χ1n) is 6.65. The first kappa shape index (κ1) is 14.4. The number of fused-ring (bicyclic) bond motifs is 1. The Morgan fingerprint density at radius 1 is 1.00 bits per heavy atom. The third-order valence-electron chi connectivity index (χ3n) is 3.68. The van der Waals surface area contributed by atoms with Crippen molar-refractivity contribution in [1.29, 1.82) is 0 Å². The van der Waals surface area contributed by atoms with E-state index in [0.29, 0.717) is 10.6 Å². The second kappa shape index (κ2) is 5.67. The first-order valence-corrected chi connectivity index (χ1v) is 7.46. The fourth-order valence-electron chi connectivity index (χ4n) is 2.60. The largest absolute Gasteiger partial charge is 0.207 e. The van der Waals surface area contributed by atoms with Crippen molar-refractivity contribution in [2.75, 3.05) is 0 Å². The van der Waals surface area contributed by atoms with Crippen molar-refractivity contribution >= 4 is 34.0 Å². The summed E-state index contributed by atoms with van der Waals surface area (Å²) in [5.41, 5.74) is 2.43. The predicted molar refractivity (Wildman–Crippen MR) is 87.8 cm³/mol. The summed E-state index contributed by atoms with van der Waals surface area (Å²) in [6, 6.07) is 16.7. The van der Waals surface area contributed by atoms with Gasteiger partial charge in [-0.15, -0.1) is 11.6 Å². The molecule has 0 radical (unpaired) electrons. The van der Waals surface area contributed by atoms with E-state index in [1.165, 1.54) is 6.07 Å². The highest BCUT2D eigenvalue weighted by Gasteiger charge is 2.19. The average Bonchev–Trinajstić information content (AvgIpc) is 2.46. The van der Waals surface area contributed by atoms with Gasteiger partial charge in [-0.1, -0.05) is 54.1 Å². The van der Waals surface area contributed by atoms with Crippen LogP contribution in [0.15, 0.2) is 54.6 Å². The molecule has 0 aliphatic rings. The number of alkyl halides is 1. The van der Waals surface area contributed by atoms with E-state index in [9.17, 15) is 4.39 Å². The maximum Gasteiger partial charge on any atom is 0.129 e. The summed E-state index contributed by atoms with van der Waals surface area (Å²) in [5, 5.41) is 1.97. The molecule has 0 aliphatic carbocycles. The zero-order valence-electron chi connectivity index (χ0n) is 11.4. The lowest BCUT2D eigenvalue weighted by atomic mass is 9.94. The Labute approximate surface area is 133 Å². The molecule has 3 aromatic carbocycles. The summed E-state index contributed by atoms with van der Waals surface area (Å²) in [5.74, 6) is -0.380. The monoisotopic (exact) mass is 318 g/mol. The van der Waals surface area contributed by atoms with Crippen LogP contribution in [0.2, 0.25) is 5.02 Å². The molecule has 1 unspecified atom stereocenters. The van der Waals surface area contributed by atoms with E-state index in [-0.39, 0.29) is 5.82 Å². The molecule has 0 aliphatic heterocycles. The van der Waals surface area contributed by atoms with Crippen molar-refractivity contribution in [2.24, 2.45) is 0 Å². The summed E-state index contributed by atoms with van der Waals surface area (Å²) in [6.07, 6.45) is 0. The summed E-state index contributed by atoms with van der Waals surface area (Å²) in [4.78, 5) is 0. The molecular formula is C18H13Cl2F. The van der Waals surface area contributed by atoms with Crippen molar-refractivity contribution in [3.63, 3.8) is 0 Å². The van der Waals surface area contributed by atoms with Crippen molar-refractivity contribution in [2.45, 2.75) is 12.3 Å². The summed E-state index contributed by atoms with van der Waals surface area (Å²) >= 11 is 12.4. The molecule has 21 heavy (non-hydrogen) atoms. The van der Waals surface area contributed by atoms with E-state index in [0.717, 1.165) is 21.9 Å². The Kier molecular flexibility index (Phi) is 3.88. The van der Waals surface area contributed by atoms with Crippen molar-refractivity contribution in [3.05, 3.63) is 82.1 Å². The van der Waals surface area contributed by atoms with Gasteiger partial charge in [0.1, 0.15) is 5.82 Å². The number of hydrogen-bond donors (Lipinski definition) is 0. The van der Waals surface area contributed by atoms with Crippen molar-refractivity contribution in [1.82, 2.24) is 0 Å². The minimum absolute atomic E-state index is 0.370. The van der Waals surface area contributed by atoms with Crippen LogP contribution in [0, 0.1) is 12.7 Å². The van der Waals surface area contributed by atoms with Crippen LogP contribution in [0.5, 0.6) is 0 Å². The van der Waals surface area contributed by atoms with Gasteiger partial charge < -0.3 is 0 Å². The molecule has 3 aromatic rings. The van der Waals surface area contributed by atoms with Crippen LogP contribution < -0.4 is 0 Å². The van der Waals surface area contributed by atoms with E-state index in [4.69, 9.17) is 23.2 Å². The van der Waals surface area contributed by atoms with Crippen molar-refractivity contribution < 1.29 is 4.39 Å². The highest BCUT2D eigenvalue weighted by Crippen LogP contribution is 2.37. The normalized spacial score (nSPS) is 12.6. The molecule has 0 N–H and O–H groups in total. The molecule has 106 valence electrons. The molecule has 0 aromatic heterocycles. The van der Waals surface area contributed by atoms with Gasteiger partial charge in [-0.05, 0) is 41.0 Å². The van der Waals surface area contributed by atoms with Crippen LogP contribution in [-0.2, 0) is 0 Å². The summed E-state index contributed by atoms with van der Waals surface area (Å²) < 4.78 is 14.1. The molecule has 0 nitrogen and oxygen atoms in total. The van der Waals surface area contributed by atoms with Crippen LogP contribution in [0.25, 0.3) is 10.8 Å². The van der Waals surface area contributed by atoms with Crippen LogP contribution in [-0.4, -0.2) is 0 Å². The zero-order chi connectivity index (χ0) is 15.0. The summed E-state index contributed by atoms with van der Waals surface area (Å²) in [7, 11) is 0. The lowest BCUT2D eigenvalue weighted by Crippen LogP contribution is -2.00. The van der Waals surface area contributed by atoms with E-state index >= 15 is 0 Å². The number of aryl methyl sites for hydroxylation is 1. The molecule has 0 bridgehead atoms. The molecule has 1 atom stereocenters. The SMILES string of the molecule is Cc1ccc2ccccc2c1C(Cl)c1ccc(Cl)cc1F. The highest BCUT2D eigenvalue weighted by molar-refractivity contribution is 6.30. The second-order valence-corrected chi connectivity index (χ2v) is 5.92. The van der Waals surface area contributed by atoms with Crippen LogP contribution >= 0.6 is 23.2 Å². The number of rotatable bonds is 2. The second-order valence-electron chi connectivity index (χ2n) is 5.05. The van der Waals surface area contributed by atoms with E-state index in [1.807, 2.05) is 37.3 Å². The zero-order valence-corrected chi connectivity index (χ0v) is 12.9. The van der Waals surface area contributed by atoms with Crippen molar-refractivity contribution in [3.8, 4) is 0 Å². The fraction of sp³-hybridized carbons (Fsp3) is 0.111. The third-order valence-corrected chi connectivity index (χ3v) is 4.37. The first-order chi connectivity index (χ1) is 10.1. The van der Waals surface area contributed by atoms with E-state index < -0.39 is 5.38 Å². The van der Waals surface area contributed by atoms with Crippen LogP contribution in [0.4, 0.5) is 4.39 Å². The topological polar surface area (TPSA) is 0 Å². The van der Waals surface area contributed by atoms with E-state index in [1.54, 1.807) is 12.1 Å². The van der Waals surface area contributed by atoms with Gasteiger partial charge in [0.2, 0.25) is 0 Å². The van der Waals surface area contributed by atoms with Gasteiger partial charge in [-0.3, -0.25) is 0 Å². The smallest absolute Gasteiger partial charge is 0.129 e. The van der Waals surface area contributed by atoms with Crippen LogP contribution in [0.1, 0.15) is 22.1 Å². The quantitative estimate of drug-likeness (QED) is 0.488. The Morgan fingerprint density at radius 3 is 2.52 bits per heavy atom. The van der Waals surface area contributed by atoms with Gasteiger partial charge in [0, 0.05) is 10.6 Å². The Hall–Kier alpha value is -1.57.